The van der Waals surface area contributed by atoms with Gasteiger partial charge in [-0.15, -0.1) is 20.5 Å². The smallest absolute Gasteiger partial charge is 0.326 e. The van der Waals surface area contributed by atoms with Crippen molar-refractivity contribution in [2.24, 2.45) is 10.8 Å². The Hall–Kier alpha value is -6.62. The minimum atomic E-state index is -1.69. The Bertz CT molecular complexity index is 2680. The summed E-state index contributed by atoms with van der Waals surface area (Å²) in [4.78, 5) is 62.9. The van der Waals surface area contributed by atoms with Crippen molar-refractivity contribution in [3.8, 4) is 5.69 Å². The summed E-state index contributed by atoms with van der Waals surface area (Å²) in [6.07, 6.45) is 10.1. The molecule has 67 heavy (non-hydrogen) atoms. The second-order valence-electron chi connectivity index (χ2n) is 16.4. The highest BCUT2D eigenvalue weighted by Crippen LogP contribution is 2.40. The van der Waals surface area contributed by atoms with Crippen LogP contribution in [0.25, 0.3) is 5.69 Å². The number of benzene rings is 2. The number of nitrogens with two attached hydrogens (primary N) is 1. The zero-order chi connectivity index (χ0) is 47.3. The van der Waals surface area contributed by atoms with Crippen LogP contribution in [0.15, 0.2) is 84.5 Å². The number of anilines is 1. The molecule has 0 bridgehead atoms. The van der Waals surface area contributed by atoms with E-state index in [2.05, 4.69) is 46.9 Å². The van der Waals surface area contributed by atoms with Crippen molar-refractivity contribution in [3.05, 3.63) is 123 Å². The molecule has 4 atom stereocenters. The lowest BCUT2D eigenvalue weighted by atomic mass is 9.98. The molecule has 0 spiro atoms. The van der Waals surface area contributed by atoms with Gasteiger partial charge >= 0.3 is 5.97 Å². The average Bonchev–Trinajstić information content (AvgIpc) is 4.21. The molecule has 8 N–H and O–H groups in total. The number of rotatable bonds is 9. The van der Waals surface area contributed by atoms with Crippen LogP contribution in [0.5, 0.6) is 0 Å². The molecule has 2 aromatic carbocycles. The van der Waals surface area contributed by atoms with Crippen LogP contribution in [-0.4, -0.2) is 110 Å². The number of carboxylic acid groups (broad SMARTS) is 1. The van der Waals surface area contributed by atoms with Gasteiger partial charge in [0.25, 0.3) is 11.8 Å². The first-order valence-corrected chi connectivity index (χ1v) is 22.4. The van der Waals surface area contributed by atoms with Crippen LogP contribution in [0.3, 0.4) is 0 Å². The van der Waals surface area contributed by atoms with Gasteiger partial charge in [0, 0.05) is 48.6 Å². The molecule has 0 saturated carbocycles. The standard InChI is InChI=1S/C22H24ClN7O3.C14H16N2O4.C8H8ClN5/c23-16-5-6-17(30-13-26-27-28-30)15(11-16)12-25-20(31)18-4-2-10-29(18)21(32)22(33)8-7-14-3-1-9-24-19(14)22;17-12(18)10-4-2-8-16(10)13(19)14(20)6-5-9-3-1-7-15-11(9)14;9-7-2-1-6(4-10)8(3-7)14-12-5-11-13-14/h1,3,5-6,9,11,13,18,27-28,33H,2,4,7-8,10,12H2,(H,25,31);1,3,7,10,20H,2,4-6,8H2,(H,17,18);1-3,5H,4,10H2/t18-,22?;10-,14?;/m00./s1. The van der Waals surface area contributed by atoms with E-state index in [4.69, 9.17) is 34.0 Å². The van der Waals surface area contributed by atoms with Gasteiger partial charge in [-0.25, -0.2) is 15.3 Å². The number of carboxylic acids is 1. The van der Waals surface area contributed by atoms with Crippen molar-refractivity contribution in [2.75, 3.05) is 18.1 Å². The van der Waals surface area contributed by atoms with E-state index in [0.29, 0.717) is 79.6 Å². The highest BCUT2D eigenvalue weighted by molar-refractivity contribution is 6.31. The van der Waals surface area contributed by atoms with Crippen LogP contribution in [0.1, 0.15) is 72.2 Å². The Labute approximate surface area is 393 Å². The van der Waals surface area contributed by atoms with E-state index in [1.165, 1.54) is 20.9 Å². The summed E-state index contributed by atoms with van der Waals surface area (Å²) >= 11 is 12.0. The number of hydrazine groups is 2. The topological polar surface area (TPSA) is 283 Å². The summed E-state index contributed by atoms with van der Waals surface area (Å²) in [6.45, 7) is 1.42. The van der Waals surface area contributed by atoms with Gasteiger partial charge in [0.1, 0.15) is 18.4 Å². The van der Waals surface area contributed by atoms with Crippen molar-refractivity contribution in [3.63, 3.8) is 0 Å². The molecule has 2 fully saturated rings. The highest BCUT2D eigenvalue weighted by Gasteiger charge is 2.51. The lowest BCUT2D eigenvalue weighted by molar-refractivity contribution is -0.160. The molecule has 6 heterocycles. The molecule has 2 unspecified atom stereocenters. The molecule has 3 aromatic heterocycles. The van der Waals surface area contributed by atoms with Crippen molar-refractivity contribution >= 4 is 58.9 Å². The van der Waals surface area contributed by atoms with Gasteiger partial charge in [0.15, 0.2) is 17.5 Å². The number of nitrogens with zero attached hydrogens (tertiary/aromatic N) is 10. The molecule has 350 valence electrons. The maximum Gasteiger partial charge on any atom is 0.326 e. The molecule has 2 saturated heterocycles. The molecule has 21 nitrogen and oxygen atoms in total. The van der Waals surface area contributed by atoms with Crippen LogP contribution < -0.4 is 27.1 Å². The maximum absolute atomic E-state index is 13.4. The Balaban J connectivity index is 0.000000151. The minimum absolute atomic E-state index is 0.216. The number of hydrogen-bond donors (Lipinski definition) is 7. The van der Waals surface area contributed by atoms with Crippen LogP contribution in [0, 0.1) is 0 Å². The number of aromatic nitrogens is 6. The predicted octanol–water partition coefficient (Wildman–Crippen LogP) is 2.01. The maximum atomic E-state index is 13.4. The van der Waals surface area contributed by atoms with E-state index in [1.807, 2.05) is 24.3 Å². The predicted molar refractivity (Wildman–Crippen MR) is 243 cm³/mol. The van der Waals surface area contributed by atoms with Crippen LogP contribution in [0.2, 0.25) is 10.0 Å². The van der Waals surface area contributed by atoms with Gasteiger partial charge in [0.05, 0.1) is 22.8 Å². The number of amides is 3. The lowest BCUT2D eigenvalue weighted by Crippen LogP contribution is -2.52. The third-order valence-electron chi connectivity index (χ3n) is 12.4. The molecular weight excluding hydrogens is 907 g/mol. The van der Waals surface area contributed by atoms with Gasteiger partial charge in [-0.05, 0) is 121 Å². The van der Waals surface area contributed by atoms with Gasteiger partial charge in [-0.3, -0.25) is 24.4 Å². The number of fused-ring (bicyclic) bond motifs is 2. The molecule has 23 heteroatoms. The first-order chi connectivity index (χ1) is 32.3. The fourth-order valence-corrected chi connectivity index (χ4v) is 9.42. The van der Waals surface area contributed by atoms with Crippen LogP contribution >= 0.6 is 23.2 Å². The van der Waals surface area contributed by atoms with Crippen molar-refractivity contribution in [2.45, 2.75) is 87.7 Å². The van der Waals surface area contributed by atoms with E-state index in [0.717, 1.165) is 33.6 Å². The third-order valence-corrected chi connectivity index (χ3v) is 12.9. The number of pyridine rings is 2. The Kier molecular flexibility index (Phi) is 14.1. The fourth-order valence-electron chi connectivity index (χ4n) is 9.06. The number of aryl methyl sites for hydroxylation is 2. The number of hydrogen-bond acceptors (Lipinski definition) is 16. The Morgan fingerprint density at radius 1 is 0.806 bits per heavy atom. The number of nitrogens with one attached hydrogen (secondary N) is 3. The fraction of sp³-hybridized carbons (Fsp3) is 0.364. The number of aliphatic hydroxyl groups is 2. The number of carbonyl (C=O) groups excluding carboxylic acids is 3. The number of likely N-dealkylation sites (tertiary alicyclic amines) is 2. The second kappa shape index (κ2) is 20.1. The Morgan fingerprint density at radius 2 is 1.42 bits per heavy atom. The largest absolute Gasteiger partial charge is 0.480 e. The number of tetrazole rings is 1. The van der Waals surface area contributed by atoms with E-state index in [9.17, 15) is 29.4 Å². The number of carbonyl (C=O) groups is 4. The van der Waals surface area contributed by atoms with Crippen molar-refractivity contribution in [1.29, 1.82) is 0 Å². The Morgan fingerprint density at radius 3 is 2.00 bits per heavy atom. The zero-order valence-electron chi connectivity index (χ0n) is 36.0. The van der Waals surface area contributed by atoms with E-state index < -0.39 is 41.1 Å². The first-order valence-electron chi connectivity index (χ1n) is 21.6. The monoisotopic (exact) mass is 954 g/mol. The van der Waals surface area contributed by atoms with Gasteiger partial charge in [-0.2, -0.15) is 5.10 Å². The second-order valence-corrected chi connectivity index (χ2v) is 17.3. The van der Waals surface area contributed by atoms with E-state index >= 15 is 0 Å². The quantitative estimate of drug-likeness (QED) is 0.111. The molecular formula is C44H48Cl2N14O7. The van der Waals surface area contributed by atoms with Crippen LogP contribution in [-0.2, 0) is 56.3 Å². The molecule has 3 amide bonds. The minimum Gasteiger partial charge on any atom is -0.480 e. The SMILES string of the molecule is NCc1ccc(Cl)cc1-n1ncnn1.O=C(NCc1cc(Cl)ccc1N1C=NNN1)[C@@H]1CCCN1C(=O)C1(O)CCc2cccnc21.O=C(O)[C@@H]1CCCN1C(=O)C1(O)CCc2cccnc21. The van der Waals surface area contributed by atoms with Crippen molar-refractivity contribution in [1.82, 2.24) is 56.4 Å². The summed E-state index contributed by atoms with van der Waals surface area (Å²) < 4.78 is 0. The normalized spacial score (nSPS) is 22.3. The summed E-state index contributed by atoms with van der Waals surface area (Å²) in [7, 11) is 0. The zero-order valence-corrected chi connectivity index (χ0v) is 37.5. The molecule has 5 aliphatic rings. The summed E-state index contributed by atoms with van der Waals surface area (Å²) in [5.74, 6) is -2.26. The molecule has 5 aromatic rings. The lowest BCUT2D eigenvalue weighted by Gasteiger charge is -2.31. The van der Waals surface area contributed by atoms with Gasteiger partial charge in [0.2, 0.25) is 5.91 Å². The van der Waals surface area contributed by atoms with E-state index in [1.54, 1.807) is 60.1 Å². The summed E-state index contributed by atoms with van der Waals surface area (Å²) in [5, 5.41) is 52.1. The number of aliphatic carboxylic acids is 1. The third kappa shape index (κ3) is 9.64. The summed E-state index contributed by atoms with van der Waals surface area (Å²) in [6, 6.07) is 16.5. The van der Waals surface area contributed by atoms with Gasteiger partial charge in [-0.1, -0.05) is 41.4 Å². The van der Waals surface area contributed by atoms with Crippen molar-refractivity contribution < 1.29 is 34.5 Å². The first kappa shape index (κ1) is 46.9. The van der Waals surface area contributed by atoms with Gasteiger partial charge < -0.3 is 36.2 Å². The molecule has 0 radical (unpaired) electrons. The average molecular weight is 956 g/mol. The molecule has 2 aliphatic carbocycles. The van der Waals surface area contributed by atoms with Crippen LogP contribution in [0.4, 0.5) is 5.69 Å². The highest BCUT2D eigenvalue weighted by atomic mass is 35.5. The molecule has 3 aliphatic heterocycles. The number of halogens is 2. The summed E-state index contributed by atoms with van der Waals surface area (Å²) in [5.41, 5.74) is 13.4. The van der Waals surface area contributed by atoms with E-state index in [-0.39, 0.29) is 25.3 Å². The molecule has 10 rings (SSSR count). The number of hydrazone groups is 1.